The maximum atomic E-state index is 11.9. The zero-order valence-electron chi connectivity index (χ0n) is 10.5. The molecule has 1 rings (SSSR count). The number of carboxylic acids is 1. The van der Waals surface area contributed by atoms with E-state index in [1.807, 2.05) is 6.07 Å². The number of benzene rings is 1. The average Bonchev–Trinajstić information content (AvgIpc) is 2.38. The fourth-order valence-electron chi connectivity index (χ4n) is 1.42. The maximum absolute atomic E-state index is 11.9. The fraction of sp³-hybridized carbons (Fsp3) is 0.154. The molecule has 0 heterocycles. The van der Waals surface area contributed by atoms with Gasteiger partial charge in [0.2, 0.25) is 0 Å². The lowest BCUT2D eigenvalue weighted by atomic mass is 10.2. The topological polar surface area (TPSA) is 93.4 Å². The Hall–Kier alpha value is -2.52. The quantitative estimate of drug-likeness (QED) is 0.815. The van der Waals surface area contributed by atoms with Crippen LogP contribution in [-0.2, 0) is 4.79 Å². The normalized spacial score (nSPS) is 9.40. The summed E-state index contributed by atoms with van der Waals surface area (Å²) in [6.45, 7) is 3.12. The van der Waals surface area contributed by atoms with Crippen molar-refractivity contribution in [3.8, 4) is 6.07 Å². The van der Waals surface area contributed by atoms with Gasteiger partial charge < -0.3 is 15.3 Å². The number of carboxylic acid groups (broad SMARTS) is 1. The number of urea groups is 1. The van der Waals surface area contributed by atoms with Crippen molar-refractivity contribution in [2.45, 2.75) is 0 Å². The van der Waals surface area contributed by atoms with E-state index in [0.717, 1.165) is 4.90 Å². The summed E-state index contributed by atoms with van der Waals surface area (Å²) in [5.74, 6) is -1.13. The molecule has 0 atom stereocenters. The molecule has 0 saturated carbocycles. The van der Waals surface area contributed by atoms with Crippen LogP contribution >= 0.6 is 11.6 Å². The second-order valence-corrected chi connectivity index (χ2v) is 4.21. The first-order chi connectivity index (χ1) is 9.47. The molecule has 0 aliphatic heterocycles. The van der Waals surface area contributed by atoms with E-state index in [9.17, 15) is 9.59 Å². The standard InChI is InChI=1S/C13H12ClN3O3/c1-2-5-17(8-12(18)19)13(20)16-10-4-3-9(7-15)11(14)6-10/h2-4,6H,1,5,8H2,(H,16,20)(H,18,19). The first kappa shape index (κ1) is 15.5. The highest BCUT2D eigenvalue weighted by Gasteiger charge is 2.15. The lowest BCUT2D eigenvalue weighted by Crippen LogP contribution is -2.38. The summed E-state index contributed by atoms with van der Waals surface area (Å²) >= 11 is 5.84. The zero-order valence-corrected chi connectivity index (χ0v) is 11.2. The van der Waals surface area contributed by atoms with Crippen LogP contribution in [0.5, 0.6) is 0 Å². The molecule has 1 aromatic rings. The Labute approximate surface area is 120 Å². The Morgan fingerprint density at radius 2 is 2.25 bits per heavy atom. The Kier molecular flexibility index (Phi) is 5.56. The van der Waals surface area contributed by atoms with Crippen LogP contribution in [0.2, 0.25) is 5.02 Å². The highest BCUT2D eigenvalue weighted by molar-refractivity contribution is 6.32. The van der Waals surface area contributed by atoms with Crippen molar-refractivity contribution >= 4 is 29.3 Å². The van der Waals surface area contributed by atoms with E-state index >= 15 is 0 Å². The summed E-state index contributed by atoms with van der Waals surface area (Å²) in [5, 5.41) is 20.2. The number of aliphatic carboxylic acids is 1. The largest absolute Gasteiger partial charge is 0.480 e. The summed E-state index contributed by atoms with van der Waals surface area (Å²) in [5.41, 5.74) is 0.664. The van der Waals surface area contributed by atoms with Gasteiger partial charge in [0.15, 0.2) is 0 Å². The van der Waals surface area contributed by atoms with Gasteiger partial charge in [0.1, 0.15) is 12.6 Å². The fourth-order valence-corrected chi connectivity index (χ4v) is 1.65. The van der Waals surface area contributed by atoms with Crippen molar-refractivity contribution in [1.82, 2.24) is 4.90 Å². The molecule has 0 aliphatic rings. The minimum atomic E-state index is -1.13. The molecule has 1 aromatic carbocycles. The van der Waals surface area contributed by atoms with Gasteiger partial charge in [0, 0.05) is 12.2 Å². The monoisotopic (exact) mass is 293 g/mol. The summed E-state index contributed by atoms with van der Waals surface area (Å²) in [7, 11) is 0. The molecule has 7 heteroatoms. The Bertz CT molecular complexity index is 581. The number of nitriles is 1. The van der Waals surface area contributed by atoms with E-state index in [1.165, 1.54) is 24.3 Å². The number of carbonyl (C=O) groups is 2. The van der Waals surface area contributed by atoms with E-state index in [1.54, 1.807) is 0 Å². The van der Waals surface area contributed by atoms with Crippen molar-refractivity contribution in [2.24, 2.45) is 0 Å². The van der Waals surface area contributed by atoms with Crippen LogP contribution < -0.4 is 5.32 Å². The van der Waals surface area contributed by atoms with Gasteiger partial charge in [-0.05, 0) is 18.2 Å². The van der Waals surface area contributed by atoms with E-state index in [2.05, 4.69) is 11.9 Å². The number of nitrogens with zero attached hydrogens (tertiary/aromatic N) is 2. The van der Waals surface area contributed by atoms with Gasteiger partial charge in [-0.2, -0.15) is 5.26 Å². The van der Waals surface area contributed by atoms with Gasteiger partial charge in [0.25, 0.3) is 0 Å². The summed E-state index contributed by atoms with van der Waals surface area (Å²) in [6, 6.07) is 5.71. The Morgan fingerprint density at radius 1 is 1.55 bits per heavy atom. The molecule has 0 saturated heterocycles. The number of hydrogen-bond acceptors (Lipinski definition) is 3. The second-order valence-electron chi connectivity index (χ2n) is 3.80. The molecule has 0 radical (unpaired) electrons. The SMILES string of the molecule is C=CCN(CC(=O)O)C(=O)Nc1ccc(C#N)c(Cl)c1. The molecule has 6 nitrogen and oxygen atoms in total. The first-order valence-electron chi connectivity index (χ1n) is 5.56. The summed E-state index contributed by atoms with van der Waals surface area (Å²) in [4.78, 5) is 23.6. The first-order valence-corrected chi connectivity index (χ1v) is 5.94. The van der Waals surface area contributed by atoms with Crippen LogP contribution in [0.25, 0.3) is 0 Å². The lowest BCUT2D eigenvalue weighted by molar-refractivity contribution is -0.137. The molecule has 2 N–H and O–H groups in total. The smallest absolute Gasteiger partial charge is 0.323 e. The second kappa shape index (κ2) is 7.16. The van der Waals surface area contributed by atoms with Crippen LogP contribution in [0.15, 0.2) is 30.9 Å². The number of nitrogens with one attached hydrogen (secondary N) is 1. The molecular formula is C13H12ClN3O3. The van der Waals surface area contributed by atoms with Gasteiger partial charge in [-0.15, -0.1) is 6.58 Å². The summed E-state index contributed by atoms with van der Waals surface area (Å²) in [6.07, 6.45) is 1.42. The lowest BCUT2D eigenvalue weighted by Gasteiger charge is -2.19. The van der Waals surface area contributed by atoms with Gasteiger partial charge in [-0.3, -0.25) is 4.79 Å². The van der Waals surface area contributed by atoms with Crippen LogP contribution in [0.4, 0.5) is 10.5 Å². The van der Waals surface area contributed by atoms with Crippen molar-refractivity contribution < 1.29 is 14.7 Å². The molecule has 0 unspecified atom stereocenters. The predicted octanol–water partition coefficient (Wildman–Crippen LogP) is 2.32. The van der Waals surface area contributed by atoms with Gasteiger partial charge in [-0.25, -0.2) is 4.79 Å². The van der Waals surface area contributed by atoms with Crippen LogP contribution in [0.1, 0.15) is 5.56 Å². The third-order valence-corrected chi connectivity index (χ3v) is 2.62. The minimum Gasteiger partial charge on any atom is -0.480 e. The number of rotatable bonds is 5. The van der Waals surface area contributed by atoms with Gasteiger partial charge in [-0.1, -0.05) is 17.7 Å². The molecular weight excluding hydrogens is 282 g/mol. The number of anilines is 1. The van der Waals surface area contributed by atoms with Crippen LogP contribution in [0, 0.1) is 11.3 Å². The highest BCUT2D eigenvalue weighted by atomic mass is 35.5. The van der Waals surface area contributed by atoms with Crippen LogP contribution in [-0.4, -0.2) is 35.1 Å². The van der Waals surface area contributed by atoms with E-state index in [4.69, 9.17) is 22.0 Å². The molecule has 104 valence electrons. The van der Waals surface area contributed by atoms with Crippen molar-refractivity contribution in [3.05, 3.63) is 41.4 Å². The third kappa shape index (κ3) is 4.30. The molecule has 0 aromatic heterocycles. The Balaban J connectivity index is 2.82. The molecule has 2 amide bonds. The molecule has 20 heavy (non-hydrogen) atoms. The molecule has 0 aliphatic carbocycles. The van der Waals surface area contributed by atoms with E-state index in [0.29, 0.717) is 5.69 Å². The number of amides is 2. The van der Waals surface area contributed by atoms with Crippen LogP contribution in [0.3, 0.4) is 0 Å². The van der Waals surface area contributed by atoms with E-state index in [-0.39, 0.29) is 17.1 Å². The Morgan fingerprint density at radius 3 is 2.75 bits per heavy atom. The number of carbonyl (C=O) groups excluding carboxylic acids is 1. The van der Waals surface area contributed by atoms with Crippen molar-refractivity contribution in [1.29, 1.82) is 5.26 Å². The molecule has 0 fully saturated rings. The zero-order chi connectivity index (χ0) is 15.1. The summed E-state index contributed by atoms with van der Waals surface area (Å²) < 4.78 is 0. The van der Waals surface area contributed by atoms with Crippen molar-refractivity contribution in [2.75, 3.05) is 18.4 Å². The molecule has 0 spiro atoms. The predicted molar refractivity (Wildman–Crippen MR) is 74.6 cm³/mol. The van der Waals surface area contributed by atoms with Gasteiger partial charge >= 0.3 is 12.0 Å². The van der Waals surface area contributed by atoms with Crippen molar-refractivity contribution in [3.63, 3.8) is 0 Å². The third-order valence-electron chi connectivity index (χ3n) is 2.30. The molecule has 0 bridgehead atoms. The minimum absolute atomic E-state index is 0.0993. The van der Waals surface area contributed by atoms with E-state index < -0.39 is 18.5 Å². The number of hydrogen-bond donors (Lipinski definition) is 2. The average molecular weight is 294 g/mol. The number of halogens is 1. The maximum Gasteiger partial charge on any atom is 0.323 e. The highest BCUT2D eigenvalue weighted by Crippen LogP contribution is 2.20. The van der Waals surface area contributed by atoms with Gasteiger partial charge in [0.05, 0.1) is 10.6 Å².